The monoisotopic (exact) mass is 331 g/mol. The average molecular weight is 331 g/mol. The van der Waals surface area contributed by atoms with Crippen molar-refractivity contribution in [3.05, 3.63) is 41.3 Å². The van der Waals surface area contributed by atoms with Crippen LogP contribution in [0, 0.1) is 13.8 Å². The van der Waals surface area contributed by atoms with Crippen molar-refractivity contribution in [2.24, 2.45) is 0 Å². The van der Waals surface area contributed by atoms with E-state index in [1.165, 1.54) is 22.9 Å². The number of thioether (sulfide) groups is 1. The third-order valence-corrected chi connectivity index (χ3v) is 4.92. The molecular formula is C17H21N3O2S. The van der Waals surface area contributed by atoms with Gasteiger partial charge in [0.25, 0.3) is 5.22 Å². The zero-order valence-electron chi connectivity index (χ0n) is 13.5. The molecule has 0 aliphatic carbocycles. The number of benzene rings is 1. The van der Waals surface area contributed by atoms with E-state index in [-0.39, 0.29) is 5.91 Å². The average Bonchev–Trinajstić information content (AvgIpc) is 2.98. The van der Waals surface area contributed by atoms with Crippen LogP contribution < -0.4 is 0 Å². The lowest BCUT2D eigenvalue weighted by Gasteiger charge is -2.33. The molecule has 6 heteroatoms. The Morgan fingerprint density at radius 3 is 3.00 bits per heavy atom. The molecule has 1 aliphatic rings. The lowest BCUT2D eigenvalue weighted by molar-refractivity contribution is -0.129. The lowest BCUT2D eigenvalue weighted by atomic mass is 9.90. The molecule has 1 saturated heterocycles. The highest BCUT2D eigenvalue weighted by Crippen LogP contribution is 2.28. The van der Waals surface area contributed by atoms with Crippen molar-refractivity contribution in [3.8, 4) is 0 Å². The van der Waals surface area contributed by atoms with Gasteiger partial charge >= 0.3 is 0 Å². The van der Waals surface area contributed by atoms with Crippen molar-refractivity contribution in [2.75, 3.05) is 18.8 Å². The maximum atomic E-state index is 12.4. The third kappa shape index (κ3) is 4.13. The molecule has 2 aromatic rings. The number of nitrogens with zero attached hydrogens (tertiary/aromatic N) is 3. The molecule has 0 bridgehead atoms. The molecule has 1 amide bonds. The molecular weight excluding hydrogens is 310 g/mol. The van der Waals surface area contributed by atoms with Gasteiger partial charge in [-0.25, -0.2) is 0 Å². The molecule has 1 atom stereocenters. The Bertz CT molecular complexity index is 686. The van der Waals surface area contributed by atoms with Gasteiger partial charge in [-0.15, -0.1) is 10.2 Å². The van der Waals surface area contributed by atoms with E-state index in [1.54, 1.807) is 6.92 Å². The van der Waals surface area contributed by atoms with Gasteiger partial charge in [-0.2, -0.15) is 0 Å². The summed E-state index contributed by atoms with van der Waals surface area (Å²) in [6.07, 6.45) is 2.19. The first-order valence-electron chi connectivity index (χ1n) is 7.89. The van der Waals surface area contributed by atoms with Gasteiger partial charge in [0.05, 0.1) is 5.75 Å². The van der Waals surface area contributed by atoms with E-state index < -0.39 is 0 Å². The number of hydrogen-bond donors (Lipinski definition) is 0. The van der Waals surface area contributed by atoms with Gasteiger partial charge in [-0.3, -0.25) is 4.79 Å². The van der Waals surface area contributed by atoms with Crippen LogP contribution in [-0.4, -0.2) is 39.8 Å². The van der Waals surface area contributed by atoms with Crippen LogP contribution in [0.15, 0.2) is 33.9 Å². The van der Waals surface area contributed by atoms with Crippen LogP contribution in [0.1, 0.15) is 35.8 Å². The molecule has 1 fully saturated rings. The summed E-state index contributed by atoms with van der Waals surface area (Å²) in [6.45, 7) is 5.49. The molecule has 0 spiro atoms. The molecule has 23 heavy (non-hydrogen) atoms. The highest BCUT2D eigenvalue weighted by Gasteiger charge is 2.25. The standard InChI is InChI=1S/C17H21N3O2S/c1-12-5-3-6-14(9-12)15-7-4-8-20(10-15)16(21)11-23-17-19-18-13(2)22-17/h3,5-6,9,15H,4,7-8,10-11H2,1-2H3/t15-/m1/s1. The number of hydrogen-bond acceptors (Lipinski definition) is 5. The Morgan fingerprint density at radius 1 is 1.39 bits per heavy atom. The first-order chi connectivity index (χ1) is 11.1. The smallest absolute Gasteiger partial charge is 0.277 e. The van der Waals surface area contributed by atoms with E-state index in [2.05, 4.69) is 41.4 Å². The minimum Gasteiger partial charge on any atom is -0.416 e. The highest BCUT2D eigenvalue weighted by atomic mass is 32.2. The summed E-state index contributed by atoms with van der Waals surface area (Å²) in [5, 5.41) is 8.15. The van der Waals surface area contributed by atoms with Crippen molar-refractivity contribution in [3.63, 3.8) is 0 Å². The Labute approximate surface area is 140 Å². The number of carbonyl (C=O) groups is 1. The van der Waals surface area contributed by atoms with E-state index in [0.717, 1.165) is 25.9 Å². The minimum atomic E-state index is 0.142. The van der Waals surface area contributed by atoms with Gasteiger partial charge in [0.2, 0.25) is 11.8 Å². The minimum absolute atomic E-state index is 0.142. The quantitative estimate of drug-likeness (QED) is 0.805. The van der Waals surface area contributed by atoms with E-state index >= 15 is 0 Å². The SMILES string of the molecule is Cc1cccc([C@@H]2CCCN(C(=O)CSc3nnc(C)o3)C2)c1. The molecule has 5 nitrogen and oxygen atoms in total. The zero-order chi connectivity index (χ0) is 16.2. The predicted molar refractivity (Wildman–Crippen MR) is 89.5 cm³/mol. The van der Waals surface area contributed by atoms with Gasteiger partial charge in [0.1, 0.15) is 0 Å². The third-order valence-electron chi connectivity index (χ3n) is 4.11. The van der Waals surface area contributed by atoms with Crippen molar-refractivity contribution >= 4 is 17.7 Å². The largest absolute Gasteiger partial charge is 0.416 e. The fourth-order valence-corrected chi connectivity index (χ4v) is 3.66. The van der Waals surface area contributed by atoms with Crippen molar-refractivity contribution in [1.29, 1.82) is 0 Å². The van der Waals surface area contributed by atoms with Gasteiger partial charge < -0.3 is 9.32 Å². The molecule has 0 radical (unpaired) electrons. The maximum Gasteiger partial charge on any atom is 0.277 e. The summed E-state index contributed by atoms with van der Waals surface area (Å²) < 4.78 is 5.29. The molecule has 3 rings (SSSR count). The number of rotatable bonds is 4. The Balaban J connectivity index is 1.58. The Morgan fingerprint density at radius 2 is 2.26 bits per heavy atom. The van der Waals surface area contributed by atoms with E-state index in [4.69, 9.17) is 4.42 Å². The molecule has 0 N–H and O–H groups in total. The van der Waals surface area contributed by atoms with Crippen LogP contribution in [0.3, 0.4) is 0 Å². The molecule has 1 aromatic carbocycles. The predicted octanol–water partition coefficient (Wildman–Crippen LogP) is 3.18. The first-order valence-corrected chi connectivity index (χ1v) is 8.87. The van der Waals surface area contributed by atoms with Crippen LogP contribution in [0.2, 0.25) is 0 Å². The van der Waals surface area contributed by atoms with Crippen LogP contribution in [0.4, 0.5) is 0 Å². The molecule has 1 aromatic heterocycles. The zero-order valence-corrected chi connectivity index (χ0v) is 14.3. The first kappa shape index (κ1) is 16.1. The van der Waals surface area contributed by atoms with Gasteiger partial charge in [-0.1, -0.05) is 41.6 Å². The fraction of sp³-hybridized carbons (Fsp3) is 0.471. The lowest BCUT2D eigenvalue weighted by Crippen LogP contribution is -2.40. The Kier molecular flexibility index (Phi) is 5.00. The molecule has 1 aliphatic heterocycles. The fourth-order valence-electron chi connectivity index (χ4n) is 2.95. The van der Waals surface area contributed by atoms with Gasteiger partial charge in [0.15, 0.2) is 0 Å². The van der Waals surface area contributed by atoms with Crippen LogP contribution >= 0.6 is 11.8 Å². The molecule has 0 saturated carbocycles. The topological polar surface area (TPSA) is 59.2 Å². The maximum absolute atomic E-state index is 12.4. The number of aromatic nitrogens is 2. The van der Waals surface area contributed by atoms with E-state index in [0.29, 0.717) is 22.8 Å². The van der Waals surface area contributed by atoms with Crippen LogP contribution in [-0.2, 0) is 4.79 Å². The van der Waals surface area contributed by atoms with E-state index in [1.807, 2.05) is 4.90 Å². The summed E-state index contributed by atoms with van der Waals surface area (Å²) in [6, 6.07) is 8.60. The number of piperidine rings is 1. The number of carbonyl (C=O) groups excluding carboxylic acids is 1. The molecule has 122 valence electrons. The van der Waals surface area contributed by atoms with Gasteiger partial charge in [0, 0.05) is 25.9 Å². The molecule has 2 heterocycles. The number of likely N-dealkylation sites (tertiary alicyclic amines) is 1. The van der Waals surface area contributed by atoms with Crippen LogP contribution in [0.5, 0.6) is 0 Å². The second kappa shape index (κ2) is 7.17. The summed E-state index contributed by atoms with van der Waals surface area (Å²) in [7, 11) is 0. The number of aryl methyl sites for hydroxylation is 2. The van der Waals surface area contributed by atoms with Crippen molar-refractivity contribution < 1.29 is 9.21 Å². The second-order valence-corrected chi connectivity index (χ2v) is 6.90. The van der Waals surface area contributed by atoms with Crippen LogP contribution in [0.25, 0.3) is 0 Å². The Hall–Kier alpha value is -1.82. The highest BCUT2D eigenvalue weighted by molar-refractivity contribution is 7.99. The van der Waals surface area contributed by atoms with Gasteiger partial charge in [-0.05, 0) is 25.3 Å². The summed E-state index contributed by atoms with van der Waals surface area (Å²) in [5.41, 5.74) is 2.61. The summed E-state index contributed by atoms with van der Waals surface area (Å²) in [5.74, 6) is 1.45. The summed E-state index contributed by atoms with van der Waals surface area (Å²) >= 11 is 1.31. The van der Waals surface area contributed by atoms with Crippen molar-refractivity contribution in [2.45, 2.75) is 37.8 Å². The second-order valence-electron chi connectivity index (χ2n) is 5.97. The normalized spacial score (nSPS) is 18.2. The summed E-state index contributed by atoms with van der Waals surface area (Å²) in [4.78, 5) is 14.4. The van der Waals surface area contributed by atoms with Crippen molar-refractivity contribution in [1.82, 2.24) is 15.1 Å². The number of amides is 1. The molecule has 0 unspecified atom stereocenters. The van der Waals surface area contributed by atoms with E-state index in [9.17, 15) is 4.79 Å².